The summed E-state index contributed by atoms with van der Waals surface area (Å²) < 4.78 is 16.8. The van der Waals surface area contributed by atoms with Gasteiger partial charge in [-0.1, -0.05) is 23.4 Å². The number of carbonyl (C=O) groups is 1. The Kier molecular flexibility index (Phi) is 6.57. The molecule has 0 aliphatic heterocycles. The minimum absolute atomic E-state index is 0.145. The van der Waals surface area contributed by atoms with Crippen LogP contribution in [0.15, 0.2) is 59.8 Å². The number of amides is 1. The molecular formula is C22H20ClFN6OS. The molecule has 2 aromatic heterocycles. The zero-order valence-corrected chi connectivity index (χ0v) is 19.0. The van der Waals surface area contributed by atoms with Gasteiger partial charge in [-0.15, -0.1) is 10.2 Å². The van der Waals surface area contributed by atoms with E-state index in [0.717, 1.165) is 17.1 Å². The Hall–Kier alpha value is -3.17. The number of halogens is 2. The summed E-state index contributed by atoms with van der Waals surface area (Å²) >= 11 is 7.27. The van der Waals surface area contributed by atoms with Crippen LogP contribution in [0.2, 0.25) is 5.02 Å². The second-order valence-electron chi connectivity index (χ2n) is 6.95. The van der Waals surface area contributed by atoms with Gasteiger partial charge in [0, 0.05) is 23.2 Å². The fourth-order valence-electron chi connectivity index (χ4n) is 3.17. The largest absolute Gasteiger partial charge is 0.310 e. The van der Waals surface area contributed by atoms with Crippen LogP contribution in [0.25, 0.3) is 17.1 Å². The molecule has 0 spiro atoms. The SMILES string of the molecule is CCn1c(SCC(=O)Nc2cc(C)nn2-c2ccc(F)cc2)nnc1-c1ccc(Cl)cc1. The standard InChI is InChI=1S/C22H20ClFN6OS/c1-3-29-21(15-4-6-16(23)7-5-15)26-27-22(29)32-13-20(31)25-19-12-14(2)28-30(19)18-10-8-17(24)9-11-18/h4-12H,3,13H2,1-2H3,(H,25,31). The Balaban J connectivity index is 1.46. The lowest BCUT2D eigenvalue weighted by molar-refractivity contribution is -0.113. The first-order valence-corrected chi connectivity index (χ1v) is 11.3. The monoisotopic (exact) mass is 470 g/mol. The third kappa shape index (κ3) is 4.84. The van der Waals surface area contributed by atoms with Crippen LogP contribution in [0, 0.1) is 12.7 Å². The molecule has 32 heavy (non-hydrogen) atoms. The Bertz CT molecular complexity index is 1240. The van der Waals surface area contributed by atoms with Crippen molar-refractivity contribution in [3.05, 3.63) is 71.1 Å². The van der Waals surface area contributed by atoms with Crippen molar-refractivity contribution in [2.24, 2.45) is 0 Å². The number of benzene rings is 2. The van der Waals surface area contributed by atoms with Gasteiger partial charge in [-0.2, -0.15) is 5.10 Å². The van der Waals surface area contributed by atoms with Gasteiger partial charge in [0.25, 0.3) is 0 Å². The maximum absolute atomic E-state index is 13.2. The molecule has 0 fully saturated rings. The van der Waals surface area contributed by atoms with Gasteiger partial charge in [-0.05, 0) is 62.4 Å². The van der Waals surface area contributed by atoms with Crippen LogP contribution in [-0.4, -0.2) is 36.2 Å². The molecule has 0 aliphatic rings. The van der Waals surface area contributed by atoms with E-state index in [1.54, 1.807) is 35.0 Å². The van der Waals surface area contributed by atoms with E-state index in [2.05, 4.69) is 20.6 Å². The van der Waals surface area contributed by atoms with Crippen LogP contribution < -0.4 is 5.32 Å². The molecule has 0 bridgehead atoms. The molecule has 0 atom stereocenters. The first kappa shape index (κ1) is 22.0. The predicted octanol–water partition coefficient (Wildman–Crippen LogP) is 4.98. The van der Waals surface area contributed by atoms with Crippen molar-refractivity contribution in [2.45, 2.75) is 25.5 Å². The van der Waals surface area contributed by atoms with E-state index >= 15 is 0 Å². The highest BCUT2D eigenvalue weighted by Gasteiger charge is 2.16. The Labute approximate surface area is 193 Å². The number of aromatic nitrogens is 5. The lowest BCUT2D eigenvalue weighted by Gasteiger charge is -2.10. The van der Waals surface area contributed by atoms with Gasteiger partial charge < -0.3 is 9.88 Å². The zero-order chi connectivity index (χ0) is 22.7. The highest BCUT2D eigenvalue weighted by atomic mass is 35.5. The minimum Gasteiger partial charge on any atom is -0.310 e. The number of aryl methyl sites for hydroxylation is 1. The number of nitrogens with zero attached hydrogens (tertiary/aromatic N) is 5. The minimum atomic E-state index is -0.336. The van der Waals surface area contributed by atoms with Crippen molar-refractivity contribution in [3.8, 4) is 17.1 Å². The van der Waals surface area contributed by atoms with Gasteiger partial charge in [0.2, 0.25) is 5.91 Å². The van der Waals surface area contributed by atoms with E-state index in [9.17, 15) is 9.18 Å². The number of thioether (sulfide) groups is 1. The summed E-state index contributed by atoms with van der Waals surface area (Å²) in [5.41, 5.74) is 2.29. The predicted molar refractivity (Wildman–Crippen MR) is 124 cm³/mol. The summed E-state index contributed by atoms with van der Waals surface area (Å²) in [5.74, 6) is 0.831. The van der Waals surface area contributed by atoms with E-state index < -0.39 is 0 Å². The van der Waals surface area contributed by atoms with Crippen LogP contribution >= 0.6 is 23.4 Å². The third-order valence-electron chi connectivity index (χ3n) is 4.64. The first-order valence-electron chi connectivity index (χ1n) is 9.89. The molecule has 2 heterocycles. The molecule has 0 saturated carbocycles. The maximum atomic E-state index is 13.2. The summed E-state index contributed by atoms with van der Waals surface area (Å²) in [6.45, 7) is 4.48. The first-order chi connectivity index (χ1) is 15.4. The molecule has 10 heteroatoms. The second-order valence-corrected chi connectivity index (χ2v) is 8.33. The molecule has 1 N–H and O–H groups in total. The molecule has 0 unspecified atom stereocenters. The lowest BCUT2D eigenvalue weighted by atomic mass is 10.2. The fourth-order valence-corrected chi connectivity index (χ4v) is 4.10. The summed E-state index contributed by atoms with van der Waals surface area (Å²) in [7, 11) is 0. The third-order valence-corrected chi connectivity index (χ3v) is 5.86. The van der Waals surface area contributed by atoms with Crippen LogP contribution in [0.5, 0.6) is 0 Å². The Morgan fingerprint density at radius 1 is 1.12 bits per heavy atom. The molecule has 7 nitrogen and oxygen atoms in total. The van der Waals surface area contributed by atoms with Gasteiger partial charge in [-0.25, -0.2) is 9.07 Å². The van der Waals surface area contributed by atoms with Gasteiger partial charge in [0.1, 0.15) is 11.6 Å². The molecular weight excluding hydrogens is 451 g/mol. The lowest BCUT2D eigenvalue weighted by Crippen LogP contribution is -2.17. The number of rotatable bonds is 7. The summed E-state index contributed by atoms with van der Waals surface area (Å²) in [5, 5.41) is 17.1. The molecule has 164 valence electrons. The van der Waals surface area contributed by atoms with Crippen molar-refractivity contribution in [1.82, 2.24) is 24.5 Å². The van der Waals surface area contributed by atoms with Crippen molar-refractivity contribution >= 4 is 35.1 Å². The molecule has 0 saturated heterocycles. The van der Waals surface area contributed by atoms with Gasteiger partial charge >= 0.3 is 0 Å². The van der Waals surface area contributed by atoms with Crippen molar-refractivity contribution in [2.75, 3.05) is 11.1 Å². The summed E-state index contributed by atoms with van der Waals surface area (Å²) in [4.78, 5) is 12.6. The number of hydrogen-bond donors (Lipinski definition) is 1. The van der Waals surface area contributed by atoms with Crippen molar-refractivity contribution in [3.63, 3.8) is 0 Å². The van der Waals surface area contributed by atoms with Crippen LogP contribution in [-0.2, 0) is 11.3 Å². The maximum Gasteiger partial charge on any atom is 0.236 e. The Morgan fingerprint density at radius 2 is 1.84 bits per heavy atom. The number of hydrogen-bond acceptors (Lipinski definition) is 5. The molecule has 4 aromatic rings. The molecule has 2 aromatic carbocycles. The van der Waals surface area contributed by atoms with E-state index in [4.69, 9.17) is 11.6 Å². The van der Waals surface area contributed by atoms with Crippen molar-refractivity contribution < 1.29 is 9.18 Å². The summed E-state index contributed by atoms with van der Waals surface area (Å²) in [6, 6.07) is 15.1. The summed E-state index contributed by atoms with van der Waals surface area (Å²) in [6.07, 6.45) is 0. The molecule has 4 rings (SSSR count). The van der Waals surface area contributed by atoms with Crippen molar-refractivity contribution in [1.29, 1.82) is 0 Å². The van der Waals surface area contributed by atoms with E-state index in [1.165, 1.54) is 23.9 Å². The van der Waals surface area contributed by atoms with Crippen LogP contribution in [0.3, 0.4) is 0 Å². The fraction of sp³-hybridized carbons (Fsp3) is 0.182. The average Bonchev–Trinajstić information content (AvgIpc) is 3.36. The topological polar surface area (TPSA) is 77.6 Å². The average molecular weight is 471 g/mol. The number of nitrogens with one attached hydrogen (secondary N) is 1. The van der Waals surface area contributed by atoms with E-state index in [0.29, 0.717) is 28.2 Å². The normalized spacial score (nSPS) is 11.0. The molecule has 0 aliphatic carbocycles. The second kappa shape index (κ2) is 9.54. The van der Waals surface area contributed by atoms with Crippen LogP contribution in [0.4, 0.5) is 10.2 Å². The van der Waals surface area contributed by atoms with Gasteiger partial charge in [-0.3, -0.25) is 4.79 Å². The zero-order valence-electron chi connectivity index (χ0n) is 17.4. The van der Waals surface area contributed by atoms with Gasteiger partial charge in [0.15, 0.2) is 11.0 Å². The number of carbonyl (C=O) groups excluding carboxylic acids is 1. The highest BCUT2D eigenvalue weighted by Crippen LogP contribution is 2.25. The van der Waals surface area contributed by atoms with E-state index in [-0.39, 0.29) is 17.5 Å². The number of anilines is 1. The Morgan fingerprint density at radius 3 is 2.53 bits per heavy atom. The highest BCUT2D eigenvalue weighted by molar-refractivity contribution is 7.99. The van der Waals surface area contributed by atoms with Gasteiger partial charge in [0.05, 0.1) is 17.1 Å². The van der Waals surface area contributed by atoms with E-state index in [1.807, 2.05) is 30.5 Å². The molecule has 0 radical (unpaired) electrons. The smallest absolute Gasteiger partial charge is 0.236 e. The van der Waals surface area contributed by atoms with Crippen LogP contribution in [0.1, 0.15) is 12.6 Å². The quantitative estimate of drug-likeness (QED) is 0.385. The molecule has 1 amide bonds.